The molecule has 1 saturated heterocycles. The number of urea groups is 1. The second-order valence-corrected chi connectivity index (χ2v) is 6.47. The summed E-state index contributed by atoms with van der Waals surface area (Å²) in [4.78, 5) is 39.7. The fraction of sp³-hybridized carbons (Fsp3) is 0.588. The lowest BCUT2D eigenvalue weighted by molar-refractivity contribution is -0.125. The summed E-state index contributed by atoms with van der Waals surface area (Å²) in [6.07, 6.45) is 1.89. The molecule has 1 aliphatic carbocycles. The van der Waals surface area contributed by atoms with Gasteiger partial charge >= 0.3 is 6.03 Å². The first-order valence-corrected chi connectivity index (χ1v) is 8.24. The van der Waals surface area contributed by atoms with E-state index in [2.05, 4.69) is 0 Å². The quantitative estimate of drug-likeness (QED) is 0.558. The third kappa shape index (κ3) is 2.96. The summed E-state index contributed by atoms with van der Waals surface area (Å²) in [5.74, 6) is -0.487. The molecule has 3 amide bonds. The van der Waals surface area contributed by atoms with Crippen LogP contribution in [0, 0.1) is 13.8 Å². The molecule has 130 valence electrons. The second-order valence-electron chi connectivity index (χ2n) is 6.47. The molecule has 0 aromatic carbocycles. The van der Waals surface area contributed by atoms with E-state index in [1.165, 1.54) is 0 Å². The highest BCUT2D eigenvalue weighted by atomic mass is 16.5. The summed E-state index contributed by atoms with van der Waals surface area (Å²) < 4.78 is 7.11. The van der Waals surface area contributed by atoms with Gasteiger partial charge in [-0.3, -0.25) is 14.5 Å². The maximum atomic E-state index is 12.6. The van der Waals surface area contributed by atoms with Gasteiger partial charge in [-0.25, -0.2) is 4.79 Å². The summed E-state index contributed by atoms with van der Waals surface area (Å²) in [6.45, 7) is 4.95. The SMILES string of the molecule is COCCn1c(C)cc(C(=O)CN2C(=O)CN(C3CC3)C2=O)c1C. The molecule has 0 atom stereocenters. The van der Waals surface area contributed by atoms with Crippen molar-refractivity contribution in [3.05, 3.63) is 23.0 Å². The normalized spacial score (nSPS) is 18.0. The first-order valence-electron chi connectivity index (χ1n) is 8.24. The lowest BCUT2D eigenvalue weighted by atomic mass is 10.1. The molecular weight excluding hydrogens is 310 g/mol. The minimum absolute atomic E-state index is 0.101. The van der Waals surface area contributed by atoms with Gasteiger partial charge in [0.25, 0.3) is 5.91 Å². The van der Waals surface area contributed by atoms with Crippen molar-refractivity contribution in [2.45, 2.75) is 39.3 Å². The molecule has 2 aliphatic rings. The van der Waals surface area contributed by atoms with Crippen molar-refractivity contribution in [2.75, 3.05) is 26.8 Å². The Morgan fingerprint density at radius 3 is 2.62 bits per heavy atom. The molecule has 0 radical (unpaired) electrons. The van der Waals surface area contributed by atoms with E-state index >= 15 is 0 Å². The first-order chi connectivity index (χ1) is 11.4. The molecule has 2 fully saturated rings. The number of aromatic nitrogens is 1. The van der Waals surface area contributed by atoms with Gasteiger partial charge in [0.05, 0.1) is 13.2 Å². The average molecular weight is 333 g/mol. The molecule has 0 spiro atoms. The third-order valence-corrected chi connectivity index (χ3v) is 4.77. The van der Waals surface area contributed by atoms with Crippen LogP contribution in [0.1, 0.15) is 34.6 Å². The molecular formula is C17H23N3O4. The minimum atomic E-state index is -0.330. The van der Waals surface area contributed by atoms with Crippen molar-refractivity contribution in [2.24, 2.45) is 0 Å². The van der Waals surface area contributed by atoms with Crippen LogP contribution in [0.5, 0.6) is 0 Å². The number of aryl methyl sites for hydroxylation is 1. The molecule has 0 unspecified atom stereocenters. The van der Waals surface area contributed by atoms with Crippen molar-refractivity contribution in [1.29, 1.82) is 0 Å². The van der Waals surface area contributed by atoms with E-state index in [0.717, 1.165) is 29.1 Å². The van der Waals surface area contributed by atoms with Crippen LogP contribution in [-0.2, 0) is 16.1 Å². The van der Waals surface area contributed by atoms with Crippen LogP contribution < -0.4 is 0 Å². The standard InChI is InChI=1S/C17H23N3O4/c1-11-8-14(12(2)18(11)6-7-24-3)15(21)9-20-16(22)10-19(17(20)23)13-4-5-13/h8,13H,4-7,9-10H2,1-3H3. The van der Waals surface area contributed by atoms with Crippen molar-refractivity contribution in [3.8, 4) is 0 Å². The van der Waals surface area contributed by atoms with Gasteiger partial charge in [0, 0.05) is 36.6 Å². The molecule has 7 heteroatoms. The Morgan fingerprint density at radius 2 is 2.00 bits per heavy atom. The molecule has 1 aliphatic heterocycles. The Balaban J connectivity index is 1.73. The highest BCUT2D eigenvalue weighted by molar-refractivity contribution is 6.08. The Bertz CT molecular complexity index is 690. The number of hydrogen-bond acceptors (Lipinski definition) is 4. The zero-order chi connectivity index (χ0) is 17.4. The predicted octanol–water partition coefficient (Wildman–Crippen LogP) is 1.36. The molecule has 24 heavy (non-hydrogen) atoms. The Labute approximate surface area is 141 Å². The zero-order valence-electron chi connectivity index (χ0n) is 14.4. The largest absolute Gasteiger partial charge is 0.383 e. The van der Waals surface area contributed by atoms with Crippen LogP contribution in [0.2, 0.25) is 0 Å². The van der Waals surface area contributed by atoms with E-state index in [1.54, 1.807) is 12.0 Å². The van der Waals surface area contributed by atoms with Crippen molar-refractivity contribution in [1.82, 2.24) is 14.4 Å². The maximum absolute atomic E-state index is 12.6. The van der Waals surface area contributed by atoms with Gasteiger partial charge in [-0.1, -0.05) is 0 Å². The highest BCUT2D eigenvalue weighted by Gasteiger charge is 2.44. The number of carbonyl (C=O) groups excluding carboxylic acids is 3. The Kier molecular flexibility index (Phi) is 4.45. The number of ether oxygens (including phenoxy) is 1. The maximum Gasteiger partial charge on any atom is 0.327 e. The molecule has 3 rings (SSSR count). The van der Waals surface area contributed by atoms with Gasteiger partial charge in [-0.05, 0) is 32.8 Å². The topological polar surface area (TPSA) is 71.8 Å². The molecule has 0 N–H and O–H groups in total. The number of imide groups is 1. The Hall–Kier alpha value is -2.15. The van der Waals surface area contributed by atoms with Crippen LogP contribution in [0.25, 0.3) is 0 Å². The summed E-state index contributed by atoms with van der Waals surface area (Å²) in [7, 11) is 1.64. The van der Waals surface area contributed by atoms with Gasteiger partial charge in [0.1, 0.15) is 6.54 Å². The zero-order valence-corrected chi connectivity index (χ0v) is 14.4. The van der Waals surface area contributed by atoms with Crippen molar-refractivity contribution >= 4 is 17.7 Å². The number of methoxy groups -OCH3 is 1. The number of nitrogens with zero attached hydrogens (tertiary/aromatic N) is 3. The number of ketones is 1. The molecule has 7 nitrogen and oxygen atoms in total. The number of carbonyl (C=O) groups is 3. The molecule has 1 aromatic heterocycles. The van der Waals surface area contributed by atoms with Crippen LogP contribution in [0.3, 0.4) is 0 Å². The van der Waals surface area contributed by atoms with E-state index in [0.29, 0.717) is 18.7 Å². The van der Waals surface area contributed by atoms with E-state index in [1.807, 2.05) is 24.5 Å². The summed E-state index contributed by atoms with van der Waals surface area (Å²) in [6, 6.07) is 1.67. The molecule has 1 aromatic rings. The van der Waals surface area contributed by atoms with E-state index in [4.69, 9.17) is 4.74 Å². The number of rotatable bonds is 7. The second kappa shape index (κ2) is 6.39. The summed E-state index contributed by atoms with van der Waals surface area (Å²) >= 11 is 0. The minimum Gasteiger partial charge on any atom is -0.383 e. The van der Waals surface area contributed by atoms with E-state index < -0.39 is 0 Å². The highest BCUT2D eigenvalue weighted by Crippen LogP contribution is 2.30. The number of Topliss-reactive ketones (excluding diaryl/α,β-unsaturated/α-hetero) is 1. The molecule has 0 bridgehead atoms. The monoisotopic (exact) mass is 333 g/mol. The molecule has 2 heterocycles. The van der Waals surface area contributed by atoms with Crippen LogP contribution in [-0.4, -0.2) is 64.9 Å². The van der Waals surface area contributed by atoms with Crippen molar-refractivity contribution in [3.63, 3.8) is 0 Å². The first kappa shape index (κ1) is 16.7. The predicted molar refractivity (Wildman–Crippen MR) is 86.9 cm³/mol. The smallest absolute Gasteiger partial charge is 0.327 e. The lowest BCUT2D eigenvalue weighted by Gasteiger charge is -2.16. The van der Waals surface area contributed by atoms with Gasteiger partial charge in [0.15, 0.2) is 5.78 Å². The van der Waals surface area contributed by atoms with Crippen LogP contribution in [0.15, 0.2) is 6.07 Å². The van der Waals surface area contributed by atoms with Crippen molar-refractivity contribution < 1.29 is 19.1 Å². The van der Waals surface area contributed by atoms with Crippen LogP contribution >= 0.6 is 0 Å². The fourth-order valence-electron chi connectivity index (χ4n) is 3.23. The van der Waals surface area contributed by atoms with Crippen LogP contribution in [0.4, 0.5) is 4.79 Å². The molecule has 1 saturated carbocycles. The fourth-order valence-corrected chi connectivity index (χ4v) is 3.23. The number of hydrogen-bond donors (Lipinski definition) is 0. The lowest BCUT2D eigenvalue weighted by Crippen LogP contribution is -2.37. The van der Waals surface area contributed by atoms with E-state index in [9.17, 15) is 14.4 Å². The van der Waals surface area contributed by atoms with Gasteiger partial charge in [-0.15, -0.1) is 0 Å². The third-order valence-electron chi connectivity index (χ3n) is 4.77. The van der Waals surface area contributed by atoms with Gasteiger partial charge < -0.3 is 14.2 Å². The average Bonchev–Trinajstić information content (AvgIpc) is 3.29. The van der Waals surface area contributed by atoms with Gasteiger partial charge in [0.2, 0.25) is 0 Å². The summed E-state index contributed by atoms with van der Waals surface area (Å²) in [5.41, 5.74) is 2.37. The Morgan fingerprint density at radius 1 is 1.29 bits per heavy atom. The summed E-state index contributed by atoms with van der Waals surface area (Å²) in [5, 5.41) is 0. The van der Waals surface area contributed by atoms with E-state index in [-0.39, 0.29) is 36.9 Å². The van der Waals surface area contributed by atoms with Gasteiger partial charge in [-0.2, -0.15) is 0 Å². The number of amides is 3.